The summed E-state index contributed by atoms with van der Waals surface area (Å²) in [6.07, 6.45) is 0.818. The zero-order chi connectivity index (χ0) is 14.5. The van der Waals surface area contributed by atoms with E-state index in [1.54, 1.807) is 18.2 Å². The Morgan fingerprint density at radius 1 is 1.20 bits per heavy atom. The van der Waals surface area contributed by atoms with E-state index in [4.69, 9.17) is 0 Å². The van der Waals surface area contributed by atoms with Crippen LogP contribution in [-0.2, 0) is 13.0 Å². The molecular formula is C16H19FN2O. The van der Waals surface area contributed by atoms with E-state index in [9.17, 15) is 9.50 Å². The molecule has 0 bridgehead atoms. The van der Waals surface area contributed by atoms with Crippen LogP contribution in [0.3, 0.4) is 0 Å². The average molecular weight is 274 g/mol. The molecule has 4 heteroatoms. The quantitative estimate of drug-likeness (QED) is 0.824. The van der Waals surface area contributed by atoms with Gasteiger partial charge in [-0.25, -0.2) is 4.39 Å². The van der Waals surface area contributed by atoms with Gasteiger partial charge in [-0.05, 0) is 62.2 Å². The molecule has 0 radical (unpaired) electrons. The van der Waals surface area contributed by atoms with E-state index in [1.165, 1.54) is 6.07 Å². The summed E-state index contributed by atoms with van der Waals surface area (Å²) in [6, 6.07) is 8.28. The molecule has 0 atom stereocenters. The number of aromatic hydroxyl groups is 1. The molecule has 1 aromatic heterocycles. The first-order chi connectivity index (χ1) is 9.56. The van der Waals surface area contributed by atoms with Gasteiger partial charge in [-0.2, -0.15) is 0 Å². The lowest BCUT2D eigenvalue weighted by atomic mass is 10.1. The second-order valence-corrected chi connectivity index (χ2v) is 4.92. The van der Waals surface area contributed by atoms with Crippen LogP contribution in [0, 0.1) is 19.7 Å². The van der Waals surface area contributed by atoms with Crippen LogP contribution in [0.1, 0.15) is 22.5 Å². The number of benzene rings is 1. The number of nitrogens with zero attached hydrogens (tertiary/aromatic N) is 1. The Balaban J connectivity index is 1.86. The summed E-state index contributed by atoms with van der Waals surface area (Å²) >= 11 is 0. The van der Waals surface area contributed by atoms with E-state index in [0.29, 0.717) is 12.2 Å². The largest absolute Gasteiger partial charge is 0.506 e. The highest BCUT2D eigenvalue weighted by atomic mass is 19.1. The first-order valence-electron chi connectivity index (χ1n) is 6.67. The molecule has 1 aromatic carbocycles. The van der Waals surface area contributed by atoms with Crippen molar-refractivity contribution >= 4 is 0 Å². The summed E-state index contributed by atoms with van der Waals surface area (Å²) in [5, 5.41) is 12.9. The summed E-state index contributed by atoms with van der Waals surface area (Å²) in [5.41, 5.74) is 3.62. The predicted octanol–water partition coefficient (Wildman–Crippen LogP) is 2.88. The van der Waals surface area contributed by atoms with Gasteiger partial charge in [0.1, 0.15) is 11.6 Å². The van der Waals surface area contributed by atoms with Gasteiger partial charge < -0.3 is 10.4 Å². The van der Waals surface area contributed by atoms with Crippen molar-refractivity contribution in [3.8, 4) is 5.75 Å². The molecule has 0 fully saturated rings. The van der Waals surface area contributed by atoms with Crippen molar-refractivity contribution in [1.82, 2.24) is 10.3 Å². The smallest absolute Gasteiger partial charge is 0.138 e. The third-order valence-electron chi connectivity index (χ3n) is 3.26. The molecule has 106 valence electrons. The monoisotopic (exact) mass is 274 g/mol. The van der Waals surface area contributed by atoms with Gasteiger partial charge in [0.05, 0.1) is 5.69 Å². The van der Waals surface area contributed by atoms with Crippen molar-refractivity contribution < 1.29 is 9.50 Å². The number of halogens is 1. The number of aryl methyl sites for hydroxylation is 2. The Labute approximate surface area is 118 Å². The summed E-state index contributed by atoms with van der Waals surface area (Å²) in [4.78, 5) is 4.28. The molecule has 0 unspecified atom stereocenters. The molecule has 0 aliphatic carbocycles. The van der Waals surface area contributed by atoms with Crippen LogP contribution >= 0.6 is 0 Å². The van der Waals surface area contributed by atoms with Gasteiger partial charge in [-0.15, -0.1) is 0 Å². The topological polar surface area (TPSA) is 45.1 Å². The van der Waals surface area contributed by atoms with Gasteiger partial charge in [0.2, 0.25) is 0 Å². The molecule has 1 heterocycles. The summed E-state index contributed by atoms with van der Waals surface area (Å²) in [5.74, 6) is 0.00848. The first-order valence-corrected chi connectivity index (χ1v) is 6.67. The van der Waals surface area contributed by atoms with Crippen LogP contribution < -0.4 is 5.32 Å². The van der Waals surface area contributed by atoms with Gasteiger partial charge in [0, 0.05) is 12.2 Å². The van der Waals surface area contributed by atoms with Crippen molar-refractivity contribution in [1.29, 1.82) is 0 Å². The Bertz CT molecular complexity index is 599. The van der Waals surface area contributed by atoms with Crippen LogP contribution in [0.4, 0.5) is 4.39 Å². The highest BCUT2D eigenvalue weighted by Crippen LogP contribution is 2.14. The molecule has 3 nitrogen and oxygen atoms in total. The Hall–Kier alpha value is -1.94. The van der Waals surface area contributed by atoms with E-state index < -0.39 is 0 Å². The van der Waals surface area contributed by atoms with Crippen molar-refractivity contribution in [3.63, 3.8) is 0 Å². The zero-order valence-electron chi connectivity index (χ0n) is 11.8. The minimum atomic E-state index is -0.201. The Morgan fingerprint density at radius 2 is 2.00 bits per heavy atom. The first kappa shape index (κ1) is 14.5. The second kappa shape index (κ2) is 6.48. The van der Waals surface area contributed by atoms with Gasteiger partial charge >= 0.3 is 0 Å². The third-order valence-corrected chi connectivity index (χ3v) is 3.26. The van der Waals surface area contributed by atoms with Gasteiger partial charge in [0.15, 0.2) is 0 Å². The van der Waals surface area contributed by atoms with E-state index in [0.717, 1.165) is 29.8 Å². The van der Waals surface area contributed by atoms with Crippen LogP contribution in [0.2, 0.25) is 0 Å². The van der Waals surface area contributed by atoms with Crippen molar-refractivity contribution in [2.24, 2.45) is 0 Å². The number of rotatable bonds is 5. The molecule has 2 aromatic rings. The molecule has 0 saturated heterocycles. The highest BCUT2D eigenvalue weighted by Gasteiger charge is 2.03. The third kappa shape index (κ3) is 3.78. The standard InChI is InChI=1S/C16H19FN2O/c1-11-9-14(17)5-4-13(11)7-8-18-10-15-16(20)6-3-12(2)19-15/h3-6,9,18,20H,7-8,10H2,1-2H3. The molecule has 2 rings (SSSR count). The maximum Gasteiger partial charge on any atom is 0.138 e. The molecular weight excluding hydrogens is 255 g/mol. The molecule has 0 amide bonds. The van der Waals surface area contributed by atoms with Gasteiger partial charge in [-0.1, -0.05) is 6.07 Å². The second-order valence-electron chi connectivity index (χ2n) is 4.92. The number of hydrogen-bond acceptors (Lipinski definition) is 3. The minimum Gasteiger partial charge on any atom is -0.506 e. The molecule has 20 heavy (non-hydrogen) atoms. The summed E-state index contributed by atoms with van der Waals surface area (Å²) in [7, 11) is 0. The number of pyridine rings is 1. The number of nitrogens with one attached hydrogen (secondary N) is 1. The maximum atomic E-state index is 13.0. The maximum absolute atomic E-state index is 13.0. The van der Waals surface area contributed by atoms with Crippen molar-refractivity contribution in [2.45, 2.75) is 26.8 Å². The Kier molecular flexibility index (Phi) is 4.69. The lowest BCUT2D eigenvalue weighted by molar-refractivity contribution is 0.459. The summed E-state index contributed by atoms with van der Waals surface area (Å²) < 4.78 is 13.0. The fourth-order valence-corrected chi connectivity index (χ4v) is 2.10. The van der Waals surface area contributed by atoms with E-state index in [-0.39, 0.29) is 11.6 Å². The van der Waals surface area contributed by atoms with Crippen LogP contribution in [-0.4, -0.2) is 16.6 Å². The average Bonchev–Trinajstić information content (AvgIpc) is 2.40. The SMILES string of the molecule is Cc1ccc(O)c(CNCCc2ccc(F)cc2C)n1. The zero-order valence-corrected chi connectivity index (χ0v) is 11.8. The van der Waals surface area contributed by atoms with E-state index in [2.05, 4.69) is 10.3 Å². The fourth-order valence-electron chi connectivity index (χ4n) is 2.10. The predicted molar refractivity (Wildman–Crippen MR) is 77.2 cm³/mol. The normalized spacial score (nSPS) is 10.8. The lowest BCUT2D eigenvalue weighted by Gasteiger charge is -2.08. The van der Waals surface area contributed by atoms with E-state index >= 15 is 0 Å². The number of aromatic nitrogens is 1. The van der Waals surface area contributed by atoms with Crippen molar-refractivity contribution in [2.75, 3.05) is 6.54 Å². The van der Waals surface area contributed by atoms with Crippen LogP contribution in [0.15, 0.2) is 30.3 Å². The van der Waals surface area contributed by atoms with Crippen LogP contribution in [0.5, 0.6) is 5.75 Å². The van der Waals surface area contributed by atoms with Crippen LogP contribution in [0.25, 0.3) is 0 Å². The highest BCUT2D eigenvalue weighted by molar-refractivity contribution is 5.28. The minimum absolute atomic E-state index is 0.201. The molecule has 0 aliphatic heterocycles. The molecule has 0 spiro atoms. The number of hydrogen-bond donors (Lipinski definition) is 2. The fraction of sp³-hybridized carbons (Fsp3) is 0.312. The molecule has 0 aliphatic rings. The summed E-state index contributed by atoms with van der Waals surface area (Å²) in [6.45, 7) is 5.08. The van der Waals surface area contributed by atoms with Crippen molar-refractivity contribution in [3.05, 3.63) is 58.7 Å². The lowest BCUT2D eigenvalue weighted by Crippen LogP contribution is -2.18. The Morgan fingerprint density at radius 3 is 2.75 bits per heavy atom. The van der Waals surface area contributed by atoms with E-state index in [1.807, 2.05) is 19.9 Å². The van der Waals surface area contributed by atoms with Gasteiger partial charge in [-0.3, -0.25) is 4.98 Å². The molecule has 0 saturated carbocycles. The molecule has 2 N–H and O–H groups in total. The van der Waals surface area contributed by atoms with Gasteiger partial charge in [0.25, 0.3) is 0 Å².